The van der Waals surface area contributed by atoms with Gasteiger partial charge in [-0.2, -0.15) is 0 Å². The van der Waals surface area contributed by atoms with Crippen LogP contribution in [-0.2, 0) is 37.5 Å². The summed E-state index contributed by atoms with van der Waals surface area (Å²) in [5.74, 6) is -2.49. The van der Waals surface area contributed by atoms with Crippen LogP contribution in [0.5, 0.6) is 0 Å². The van der Waals surface area contributed by atoms with Crippen LogP contribution in [-0.4, -0.2) is 59.9 Å². The van der Waals surface area contributed by atoms with Crippen molar-refractivity contribution in [2.45, 2.75) is 154 Å². The topological polar surface area (TPSA) is 172 Å². The molecule has 0 fully saturated rings. The molecule has 0 aromatic rings. The highest BCUT2D eigenvalue weighted by Gasteiger charge is 2.28. The van der Waals surface area contributed by atoms with Gasteiger partial charge in [0.1, 0.15) is 12.6 Å². The fourth-order valence-electron chi connectivity index (χ4n) is 4.91. The molecule has 0 saturated carbocycles. The van der Waals surface area contributed by atoms with Crippen LogP contribution in [0.4, 0.5) is 0 Å². The molecule has 4 N–H and O–H groups in total. The number of allylic oxidation sites excluding steroid dienone is 14. The molecule has 0 heterocycles. The quantitative estimate of drug-likeness (QED) is 0.0179. The molecule has 0 aromatic heterocycles. The molecular formula is C44H72NO10P. The molecule has 0 bridgehead atoms. The maximum Gasteiger partial charge on any atom is 0.472 e. The minimum absolute atomic E-state index is 0.126. The molecule has 11 nitrogen and oxygen atoms in total. The monoisotopic (exact) mass is 805 g/mol. The van der Waals surface area contributed by atoms with E-state index in [9.17, 15) is 23.8 Å². The zero-order chi connectivity index (χ0) is 41.4. The Balaban J connectivity index is 4.54. The van der Waals surface area contributed by atoms with E-state index in [1.807, 2.05) is 12.2 Å². The zero-order valence-corrected chi connectivity index (χ0v) is 35.1. The van der Waals surface area contributed by atoms with E-state index in [1.165, 1.54) is 25.7 Å². The number of hydrogen-bond donors (Lipinski definition) is 3. The number of rotatable bonds is 37. The molecule has 0 spiro atoms. The van der Waals surface area contributed by atoms with Crippen molar-refractivity contribution < 1.29 is 47.5 Å². The summed E-state index contributed by atoms with van der Waals surface area (Å²) in [5.41, 5.74) is 5.32. The van der Waals surface area contributed by atoms with Crippen LogP contribution in [0.3, 0.4) is 0 Å². The lowest BCUT2D eigenvalue weighted by Crippen LogP contribution is -2.34. The van der Waals surface area contributed by atoms with Crippen molar-refractivity contribution in [1.29, 1.82) is 0 Å². The molecule has 318 valence electrons. The number of carboxylic acid groups (broad SMARTS) is 1. The normalized spacial score (nSPS) is 14.6. The second-order valence-electron chi connectivity index (χ2n) is 13.4. The SMILES string of the molecule is CC/C=C/C/C=C/C/C=C/C/C=C/C/C=C/CCCC(=O)OC[C@H](COP(=O)(O)OC[C@H](N)C(=O)O)OC(=O)CCCCCCC/C=C/C=C/CCCCCC. The number of carboxylic acids is 1. The molecule has 0 aliphatic heterocycles. The Kier molecular flexibility index (Phi) is 36.2. The van der Waals surface area contributed by atoms with Gasteiger partial charge in [-0.1, -0.05) is 137 Å². The van der Waals surface area contributed by atoms with Crippen LogP contribution < -0.4 is 5.73 Å². The number of hydrogen-bond acceptors (Lipinski definition) is 9. The lowest BCUT2D eigenvalue weighted by atomic mass is 10.1. The van der Waals surface area contributed by atoms with Crippen LogP contribution in [0.1, 0.15) is 142 Å². The summed E-state index contributed by atoms with van der Waals surface area (Å²) >= 11 is 0. The Labute approximate surface area is 337 Å². The number of carbonyl (C=O) groups is 3. The summed E-state index contributed by atoms with van der Waals surface area (Å²) in [7, 11) is -4.74. The van der Waals surface area contributed by atoms with E-state index in [-0.39, 0.29) is 19.4 Å². The second kappa shape index (κ2) is 38.5. The Bertz CT molecular complexity index is 1270. The van der Waals surface area contributed by atoms with E-state index >= 15 is 0 Å². The van der Waals surface area contributed by atoms with Crippen molar-refractivity contribution in [3.63, 3.8) is 0 Å². The van der Waals surface area contributed by atoms with Gasteiger partial charge in [0, 0.05) is 12.8 Å². The third-order valence-electron chi connectivity index (χ3n) is 8.16. The first-order valence-corrected chi connectivity index (χ1v) is 22.1. The van der Waals surface area contributed by atoms with Gasteiger partial charge in [0.05, 0.1) is 13.2 Å². The molecule has 0 rings (SSSR count). The number of esters is 2. The summed E-state index contributed by atoms with van der Waals surface area (Å²) in [6, 6.07) is -1.54. The maximum atomic E-state index is 12.6. The molecule has 0 aliphatic carbocycles. The van der Waals surface area contributed by atoms with Gasteiger partial charge in [-0.25, -0.2) is 4.57 Å². The van der Waals surface area contributed by atoms with Gasteiger partial charge in [0.25, 0.3) is 0 Å². The Morgan fingerprint density at radius 2 is 1.07 bits per heavy atom. The van der Waals surface area contributed by atoms with Crippen molar-refractivity contribution >= 4 is 25.7 Å². The highest BCUT2D eigenvalue weighted by Crippen LogP contribution is 2.43. The van der Waals surface area contributed by atoms with E-state index in [2.05, 4.69) is 91.3 Å². The summed E-state index contributed by atoms with van der Waals surface area (Å²) in [4.78, 5) is 45.9. The van der Waals surface area contributed by atoms with E-state index in [0.717, 1.165) is 70.6 Å². The molecule has 0 aromatic carbocycles. The molecule has 3 atom stereocenters. The van der Waals surface area contributed by atoms with Crippen LogP contribution in [0, 0.1) is 0 Å². The molecule has 1 unspecified atom stereocenters. The minimum atomic E-state index is -4.74. The lowest BCUT2D eigenvalue weighted by molar-refractivity contribution is -0.161. The number of phosphoric ester groups is 1. The van der Waals surface area contributed by atoms with E-state index in [1.54, 1.807) is 0 Å². The van der Waals surface area contributed by atoms with Crippen molar-refractivity contribution in [2.75, 3.05) is 19.8 Å². The molecule has 0 radical (unpaired) electrons. The lowest BCUT2D eigenvalue weighted by Gasteiger charge is -2.20. The van der Waals surface area contributed by atoms with E-state index in [4.69, 9.17) is 24.8 Å². The van der Waals surface area contributed by atoms with Crippen molar-refractivity contribution in [3.8, 4) is 0 Å². The first-order chi connectivity index (χ1) is 27.1. The minimum Gasteiger partial charge on any atom is -0.480 e. The predicted molar refractivity (Wildman–Crippen MR) is 226 cm³/mol. The Hall–Kier alpha value is -3.34. The van der Waals surface area contributed by atoms with Gasteiger partial charge in [-0.3, -0.25) is 23.4 Å². The molecule has 0 amide bonds. The van der Waals surface area contributed by atoms with E-state index in [0.29, 0.717) is 19.3 Å². The Morgan fingerprint density at radius 1 is 0.589 bits per heavy atom. The summed E-state index contributed by atoms with van der Waals surface area (Å²) < 4.78 is 32.6. The first kappa shape index (κ1) is 52.7. The van der Waals surface area contributed by atoms with Crippen LogP contribution in [0.25, 0.3) is 0 Å². The maximum absolute atomic E-state index is 12.6. The van der Waals surface area contributed by atoms with Crippen molar-refractivity contribution in [1.82, 2.24) is 0 Å². The fraction of sp³-hybridized carbons (Fsp3) is 0.614. The zero-order valence-electron chi connectivity index (χ0n) is 34.2. The van der Waals surface area contributed by atoms with Gasteiger partial charge in [0.15, 0.2) is 6.10 Å². The standard InChI is InChI=1S/C44H72NO10P/c1-3-5-7-9-11-13-15-17-19-20-22-23-25-27-29-31-33-35-42(46)52-37-40(38-53-56(50,51)54-39-41(45)44(48)49)55-43(47)36-34-32-30-28-26-24-21-18-16-14-12-10-8-6-4-2/h5,7,11,13-14,16-19,21-23,27,29,40-41H,3-4,6,8-10,12,15,20,24-26,28,30-39,45H2,1-2H3,(H,48,49)(H,50,51)/b7-5+,13-11+,16-14+,19-17+,21-18+,23-22+,29-27+/t40-,41+/m1/s1. The average molecular weight is 806 g/mol. The number of aliphatic carboxylic acids is 1. The smallest absolute Gasteiger partial charge is 0.472 e. The molecule has 0 saturated heterocycles. The third-order valence-corrected chi connectivity index (χ3v) is 9.11. The second-order valence-corrected chi connectivity index (χ2v) is 14.9. The summed E-state index contributed by atoms with van der Waals surface area (Å²) in [6.45, 7) is 2.57. The van der Waals surface area contributed by atoms with Gasteiger partial charge in [0.2, 0.25) is 0 Å². The van der Waals surface area contributed by atoms with Crippen molar-refractivity contribution in [3.05, 3.63) is 85.1 Å². The number of nitrogens with two attached hydrogens (primary N) is 1. The van der Waals surface area contributed by atoms with Crippen LogP contribution >= 0.6 is 7.82 Å². The Morgan fingerprint density at radius 3 is 1.64 bits per heavy atom. The van der Waals surface area contributed by atoms with E-state index < -0.39 is 51.1 Å². The predicted octanol–water partition coefficient (Wildman–Crippen LogP) is 10.7. The summed E-state index contributed by atoms with van der Waals surface area (Å²) in [5, 5.41) is 8.88. The highest BCUT2D eigenvalue weighted by atomic mass is 31.2. The first-order valence-electron chi connectivity index (χ1n) is 20.6. The third kappa shape index (κ3) is 37.6. The largest absolute Gasteiger partial charge is 0.480 e. The highest BCUT2D eigenvalue weighted by molar-refractivity contribution is 7.47. The number of carbonyl (C=O) groups excluding carboxylic acids is 2. The molecule has 56 heavy (non-hydrogen) atoms. The van der Waals surface area contributed by atoms with Crippen LogP contribution in [0.2, 0.25) is 0 Å². The molecular weight excluding hydrogens is 733 g/mol. The number of unbranched alkanes of at least 4 members (excludes halogenated alkanes) is 10. The van der Waals surface area contributed by atoms with Gasteiger partial charge in [-0.05, 0) is 77.0 Å². The molecule has 12 heteroatoms. The fourth-order valence-corrected chi connectivity index (χ4v) is 5.69. The van der Waals surface area contributed by atoms with Gasteiger partial charge in [-0.15, -0.1) is 0 Å². The van der Waals surface area contributed by atoms with Crippen molar-refractivity contribution in [2.24, 2.45) is 5.73 Å². The van der Waals surface area contributed by atoms with Gasteiger partial charge < -0.3 is 25.2 Å². The number of ether oxygens (including phenoxy) is 2. The number of phosphoric acid groups is 1. The van der Waals surface area contributed by atoms with Gasteiger partial charge >= 0.3 is 25.7 Å². The summed E-state index contributed by atoms with van der Waals surface area (Å²) in [6.07, 6.45) is 46.5. The molecule has 0 aliphatic rings. The van der Waals surface area contributed by atoms with Crippen LogP contribution in [0.15, 0.2) is 85.1 Å². The average Bonchev–Trinajstić information content (AvgIpc) is 3.17.